The van der Waals surface area contributed by atoms with Gasteiger partial charge in [0, 0.05) is 21.2 Å². The molecule has 0 amide bonds. The zero-order valence-corrected chi connectivity index (χ0v) is 9.30. The standard InChI is InChI=1S/C10H10INO/c11-7-4-5-8(12)10-6(7)2-1-3-9(10)13/h4-5H,1-3,12H2. The first-order chi connectivity index (χ1) is 6.20. The van der Waals surface area contributed by atoms with Crippen LogP contribution in [0.15, 0.2) is 12.1 Å². The summed E-state index contributed by atoms with van der Waals surface area (Å²) >= 11 is 2.26. The summed E-state index contributed by atoms with van der Waals surface area (Å²) < 4.78 is 1.16. The van der Waals surface area contributed by atoms with E-state index in [1.54, 1.807) is 0 Å². The van der Waals surface area contributed by atoms with Gasteiger partial charge in [-0.05, 0) is 53.1 Å². The number of hydrogen-bond acceptors (Lipinski definition) is 2. The minimum Gasteiger partial charge on any atom is -0.398 e. The van der Waals surface area contributed by atoms with Crippen molar-refractivity contribution >= 4 is 34.1 Å². The van der Waals surface area contributed by atoms with Crippen LogP contribution in [-0.4, -0.2) is 5.78 Å². The van der Waals surface area contributed by atoms with Gasteiger partial charge in [-0.25, -0.2) is 0 Å². The van der Waals surface area contributed by atoms with Crippen LogP contribution in [-0.2, 0) is 6.42 Å². The van der Waals surface area contributed by atoms with Gasteiger partial charge in [0.05, 0.1) is 0 Å². The van der Waals surface area contributed by atoms with Crippen LogP contribution in [0.1, 0.15) is 28.8 Å². The average Bonchev–Trinajstić information content (AvgIpc) is 2.12. The van der Waals surface area contributed by atoms with E-state index in [9.17, 15) is 4.79 Å². The van der Waals surface area contributed by atoms with Crippen molar-refractivity contribution in [1.29, 1.82) is 0 Å². The van der Waals surface area contributed by atoms with E-state index < -0.39 is 0 Å². The number of fused-ring (bicyclic) bond motifs is 1. The summed E-state index contributed by atoms with van der Waals surface area (Å²) in [5.41, 5.74) is 8.34. The molecule has 0 spiro atoms. The quantitative estimate of drug-likeness (QED) is 0.588. The number of carbonyl (C=O) groups is 1. The van der Waals surface area contributed by atoms with Gasteiger partial charge in [-0.2, -0.15) is 0 Å². The van der Waals surface area contributed by atoms with Gasteiger partial charge in [-0.15, -0.1) is 0 Å². The van der Waals surface area contributed by atoms with Crippen LogP contribution in [0.25, 0.3) is 0 Å². The molecule has 2 rings (SSSR count). The molecule has 2 nitrogen and oxygen atoms in total. The summed E-state index contributed by atoms with van der Waals surface area (Å²) in [7, 11) is 0. The first-order valence-corrected chi connectivity index (χ1v) is 5.38. The van der Waals surface area contributed by atoms with Gasteiger partial charge in [-0.3, -0.25) is 4.79 Å². The van der Waals surface area contributed by atoms with E-state index in [2.05, 4.69) is 22.6 Å². The Labute approximate surface area is 90.6 Å². The van der Waals surface area contributed by atoms with Gasteiger partial charge in [0.25, 0.3) is 0 Å². The highest BCUT2D eigenvalue weighted by Crippen LogP contribution is 2.29. The van der Waals surface area contributed by atoms with E-state index in [-0.39, 0.29) is 5.78 Å². The third-order valence-electron chi connectivity index (χ3n) is 2.40. The van der Waals surface area contributed by atoms with E-state index in [4.69, 9.17) is 5.73 Å². The number of nitrogen functional groups attached to an aromatic ring is 1. The van der Waals surface area contributed by atoms with E-state index in [0.717, 1.165) is 27.5 Å². The number of benzene rings is 1. The third-order valence-corrected chi connectivity index (χ3v) is 3.41. The van der Waals surface area contributed by atoms with Crippen LogP contribution in [0.5, 0.6) is 0 Å². The van der Waals surface area contributed by atoms with Crippen molar-refractivity contribution in [3.8, 4) is 0 Å². The molecule has 0 heterocycles. The Morgan fingerprint density at radius 2 is 2.08 bits per heavy atom. The number of ketones is 1. The van der Waals surface area contributed by atoms with Crippen LogP contribution in [0, 0.1) is 3.57 Å². The predicted molar refractivity (Wildman–Crippen MR) is 60.8 cm³/mol. The summed E-state index contributed by atoms with van der Waals surface area (Å²) in [5, 5.41) is 0. The lowest BCUT2D eigenvalue weighted by atomic mass is 9.89. The summed E-state index contributed by atoms with van der Waals surface area (Å²) in [4.78, 5) is 11.6. The van der Waals surface area contributed by atoms with Crippen LogP contribution in [0.4, 0.5) is 5.69 Å². The fraction of sp³-hybridized carbons (Fsp3) is 0.300. The molecule has 1 aromatic carbocycles. The van der Waals surface area contributed by atoms with E-state index in [1.807, 2.05) is 12.1 Å². The zero-order valence-electron chi connectivity index (χ0n) is 7.14. The molecule has 0 bridgehead atoms. The number of nitrogens with two attached hydrogens (primary N) is 1. The van der Waals surface area contributed by atoms with Gasteiger partial charge in [0.1, 0.15) is 0 Å². The monoisotopic (exact) mass is 287 g/mol. The molecular formula is C10H10INO. The number of rotatable bonds is 0. The SMILES string of the molecule is Nc1ccc(I)c2c1C(=O)CCC2. The lowest BCUT2D eigenvalue weighted by Crippen LogP contribution is -2.14. The smallest absolute Gasteiger partial charge is 0.165 e. The highest BCUT2D eigenvalue weighted by molar-refractivity contribution is 14.1. The van der Waals surface area contributed by atoms with Crippen molar-refractivity contribution in [3.63, 3.8) is 0 Å². The number of hydrogen-bond donors (Lipinski definition) is 1. The molecule has 1 aromatic rings. The highest BCUT2D eigenvalue weighted by atomic mass is 127. The second-order valence-electron chi connectivity index (χ2n) is 3.27. The second kappa shape index (κ2) is 3.29. The van der Waals surface area contributed by atoms with Gasteiger partial charge in [0.15, 0.2) is 5.78 Å². The minimum atomic E-state index is 0.206. The number of carbonyl (C=O) groups excluding carboxylic acids is 1. The van der Waals surface area contributed by atoms with Gasteiger partial charge < -0.3 is 5.73 Å². The van der Waals surface area contributed by atoms with E-state index >= 15 is 0 Å². The Balaban J connectivity index is 2.67. The molecule has 0 atom stereocenters. The first kappa shape index (κ1) is 8.99. The van der Waals surface area contributed by atoms with Gasteiger partial charge >= 0.3 is 0 Å². The van der Waals surface area contributed by atoms with Crippen molar-refractivity contribution in [2.24, 2.45) is 0 Å². The maximum absolute atomic E-state index is 11.6. The molecule has 0 saturated carbocycles. The third kappa shape index (κ3) is 1.45. The molecule has 0 radical (unpaired) electrons. The molecule has 1 aliphatic rings. The van der Waals surface area contributed by atoms with Gasteiger partial charge in [0.2, 0.25) is 0 Å². The van der Waals surface area contributed by atoms with Crippen molar-refractivity contribution in [1.82, 2.24) is 0 Å². The maximum Gasteiger partial charge on any atom is 0.165 e. The number of Topliss-reactive ketones (excluding diaryl/α,β-unsaturated/α-hetero) is 1. The minimum absolute atomic E-state index is 0.206. The Hall–Kier alpha value is -0.580. The van der Waals surface area contributed by atoms with Crippen LogP contribution >= 0.6 is 22.6 Å². The molecule has 2 N–H and O–H groups in total. The van der Waals surface area contributed by atoms with Gasteiger partial charge in [-0.1, -0.05) is 0 Å². The van der Waals surface area contributed by atoms with Crippen molar-refractivity contribution < 1.29 is 4.79 Å². The molecule has 1 aliphatic carbocycles. The molecule has 0 aliphatic heterocycles. The van der Waals surface area contributed by atoms with Crippen LogP contribution < -0.4 is 5.73 Å². The van der Waals surface area contributed by atoms with Crippen LogP contribution in [0.2, 0.25) is 0 Å². The van der Waals surface area contributed by atoms with E-state index in [0.29, 0.717) is 12.1 Å². The summed E-state index contributed by atoms with van der Waals surface area (Å²) in [6, 6.07) is 3.80. The highest BCUT2D eigenvalue weighted by Gasteiger charge is 2.21. The summed E-state index contributed by atoms with van der Waals surface area (Å²) in [6.07, 6.45) is 2.60. The Morgan fingerprint density at radius 1 is 1.31 bits per heavy atom. The molecule has 0 aromatic heterocycles. The van der Waals surface area contributed by atoms with Crippen LogP contribution in [0.3, 0.4) is 0 Å². The Morgan fingerprint density at radius 3 is 2.77 bits per heavy atom. The average molecular weight is 287 g/mol. The summed E-state index contributed by atoms with van der Waals surface area (Å²) in [6.45, 7) is 0. The molecule has 0 saturated heterocycles. The number of halogens is 1. The Kier molecular flexibility index (Phi) is 2.27. The molecule has 0 fully saturated rings. The molecule has 68 valence electrons. The lowest BCUT2D eigenvalue weighted by molar-refractivity contribution is 0.0973. The van der Waals surface area contributed by atoms with Crippen molar-refractivity contribution in [2.45, 2.75) is 19.3 Å². The normalized spacial score (nSPS) is 15.6. The molecular weight excluding hydrogens is 277 g/mol. The maximum atomic E-state index is 11.6. The lowest BCUT2D eigenvalue weighted by Gasteiger charge is -2.17. The van der Waals surface area contributed by atoms with Crippen molar-refractivity contribution in [2.75, 3.05) is 5.73 Å². The summed E-state index contributed by atoms with van der Waals surface area (Å²) in [5.74, 6) is 0.206. The second-order valence-corrected chi connectivity index (χ2v) is 4.43. The topological polar surface area (TPSA) is 43.1 Å². The Bertz CT molecular complexity index is 373. The molecule has 0 unspecified atom stereocenters. The first-order valence-electron chi connectivity index (χ1n) is 4.30. The fourth-order valence-electron chi connectivity index (χ4n) is 1.76. The number of anilines is 1. The zero-order chi connectivity index (χ0) is 9.42. The molecule has 13 heavy (non-hydrogen) atoms. The predicted octanol–water partition coefficient (Wildman–Crippen LogP) is 2.39. The largest absolute Gasteiger partial charge is 0.398 e. The van der Waals surface area contributed by atoms with Crippen molar-refractivity contribution in [3.05, 3.63) is 26.8 Å². The van der Waals surface area contributed by atoms with E-state index in [1.165, 1.54) is 0 Å². The molecule has 3 heteroatoms. The fourth-order valence-corrected chi connectivity index (χ4v) is 2.48.